The molecule has 0 saturated carbocycles. The molecule has 30 heavy (non-hydrogen) atoms. The van der Waals surface area contributed by atoms with Gasteiger partial charge in [-0.15, -0.1) is 0 Å². The number of amides is 1. The number of alkyl halides is 3. The molecule has 3 aromatic rings. The Balaban J connectivity index is 1.58. The van der Waals surface area contributed by atoms with E-state index < -0.39 is 22.6 Å². The molecule has 2 aromatic carbocycles. The first kappa shape index (κ1) is 20.8. The van der Waals surface area contributed by atoms with Crippen molar-refractivity contribution in [2.75, 3.05) is 0 Å². The normalized spacial score (nSPS) is 11.6. The van der Waals surface area contributed by atoms with E-state index in [0.717, 1.165) is 12.1 Å². The average molecular weight is 417 g/mol. The van der Waals surface area contributed by atoms with Crippen LogP contribution in [0.3, 0.4) is 0 Å². The van der Waals surface area contributed by atoms with Crippen molar-refractivity contribution in [2.24, 2.45) is 5.10 Å². The molecule has 1 N–H and O–H groups in total. The molecule has 0 spiro atoms. The van der Waals surface area contributed by atoms with E-state index in [1.807, 2.05) is 0 Å². The Hall–Kier alpha value is -3.95. The standard InChI is InChI=1S/C20H14F3N3O4/c21-20(22,23)15-3-1-2-13(10-15)11-19(27)25-24-12-17-8-9-18(30-17)14-4-6-16(7-5-14)26(28)29/h1-10,12H,11H2,(H,25,27)/b24-12+. The highest BCUT2D eigenvalue weighted by Gasteiger charge is 2.30. The fourth-order valence-corrected chi connectivity index (χ4v) is 2.58. The molecule has 0 aliphatic heterocycles. The summed E-state index contributed by atoms with van der Waals surface area (Å²) in [6.45, 7) is 0. The highest BCUT2D eigenvalue weighted by molar-refractivity contribution is 5.82. The van der Waals surface area contributed by atoms with Crippen molar-refractivity contribution in [3.63, 3.8) is 0 Å². The number of hydrogen-bond donors (Lipinski definition) is 1. The molecule has 0 radical (unpaired) electrons. The number of carbonyl (C=O) groups excluding carboxylic acids is 1. The second-order valence-corrected chi connectivity index (χ2v) is 6.17. The molecular weight excluding hydrogens is 403 g/mol. The maximum Gasteiger partial charge on any atom is 0.416 e. The summed E-state index contributed by atoms with van der Waals surface area (Å²) in [5, 5.41) is 14.4. The Morgan fingerprint density at radius 2 is 1.87 bits per heavy atom. The van der Waals surface area contributed by atoms with Crippen LogP contribution in [-0.2, 0) is 17.4 Å². The summed E-state index contributed by atoms with van der Waals surface area (Å²) in [4.78, 5) is 22.1. The molecule has 10 heteroatoms. The molecule has 7 nitrogen and oxygen atoms in total. The van der Waals surface area contributed by atoms with Gasteiger partial charge in [0.25, 0.3) is 5.69 Å². The van der Waals surface area contributed by atoms with E-state index in [9.17, 15) is 28.1 Å². The van der Waals surface area contributed by atoms with E-state index in [-0.39, 0.29) is 17.7 Å². The topological polar surface area (TPSA) is 97.7 Å². The van der Waals surface area contributed by atoms with Crippen LogP contribution in [0.1, 0.15) is 16.9 Å². The molecule has 1 heterocycles. The number of nitrogens with one attached hydrogen (secondary N) is 1. The predicted octanol–water partition coefficient (Wildman–Crippen LogP) is 4.57. The predicted molar refractivity (Wildman–Crippen MR) is 102 cm³/mol. The van der Waals surface area contributed by atoms with Crippen LogP contribution in [0.2, 0.25) is 0 Å². The van der Waals surface area contributed by atoms with Gasteiger partial charge in [0, 0.05) is 17.7 Å². The third-order valence-corrected chi connectivity index (χ3v) is 3.99. The SMILES string of the molecule is O=C(Cc1cccc(C(F)(F)F)c1)N/N=C/c1ccc(-c2ccc([N+](=O)[O-])cc2)o1. The average Bonchev–Trinajstić information content (AvgIpc) is 3.16. The van der Waals surface area contributed by atoms with Gasteiger partial charge in [-0.25, -0.2) is 5.43 Å². The van der Waals surface area contributed by atoms with Crippen molar-refractivity contribution in [2.45, 2.75) is 12.6 Å². The van der Waals surface area contributed by atoms with E-state index in [1.54, 1.807) is 12.1 Å². The Bertz CT molecular complexity index is 1090. The summed E-state index contributed by atoms with van der Waals surface area (Å²) < 4.78 is 43.7. The summed E-state index contributed by atoms with van der Waals surface area (Å²) in [5.41, 5.74) is 2.17. The van der Waals surface area contributed by atoms with Gasteiger partial charge in [-0.1, -0.05) is 18.2 Å². The van der Waals surface area contributed by atoms with Crippen LogP contribution in [0.15, 0.2) is 70.2 Å². The smallest absolute Gasteiger partial charge is 0.416 e. The maximum absolute atomic E-state index is 12.7. The third-order valence-electron chi connectivity index (χ3n) is 3.99. The van der Waals surface area contributed by atoms with E-state index >= 15 is 0 Å². The number of hydrazone groups is 1. The van der Waals surface area contributed by atoms with Crippen molar-refractivity contribution in [3.05, 3.63) is 87.7 Å². The molecule has 154 valence electrons. The first-order valence-electron chi connectivity index (χ1n) is 8.55. The number of hydrogen-bond acceptors (Lipinski definition) is 5. The van der Waals surface area contributed by atoms with E-state index in [2.05, 4.69) is 10.5 Å². The lowest BCUT2D eigenvalue weighted by Crippen LogP contribution is -2.20. The van der Waals surface area contributed by atoms with E-state index in [4.69, 9.17) is 4.42 Å². The lowest BCUT2D eigenvalue weighted by molar-refractivity contribution is -0.384. The number of benzene rings is 2. The number of nitrogens with zero attached hydrogens (tertiary/aromatic N) is 2. The van der Waals surface area contributed by atoms with Gasteiger partial charge in [-0.05, 0) is 35.9 Å². The van der Waals surface area contributed by atoms with Crippen LogP contribution in [0, 0.1) is 10.1 Å². The number of nitro groups is 1. The Morgan fingerprint density at radius 3 is 2.53 bits per heavy atom. The first-order valence-corrected chi connectivity index (χ1v) is 8.55. The van der Waals surface area contributed by atoms with Gasteiger partial charge in [0.15, 0.2) is 0 Å². The summed E-state index contributed by atoms with van der Waals surface area (Å²) >= 11 is 0. The van der Waals surface area contributed by atoms with Crippen LogP contribution in [-0.4, -0.2) is 17.0 Å². The quantitative estimate of drug-likeness (QED) is 0.361. The molecule has 0 fully saturated rings. The third kappa shape index (κ3) is 5.31. The van der Waals surface area contributed by atoms with Crippen molar-refractivity contribution < 1.29 is 27.3 Å². The minimum atomic E-state index is -4.48. The van der Waals surface area contributed by atoms with E-state index in [1.165, 1.54) is 42.6 Å². The zero-order chi connectivity index (χ0) is 21.7. The molecule has 0 unspecified atom stereocenters. The largest absolute Gasteiger partial charge is 0.455 e. The lowest BCUT2D eigenvalue weighted by atomic mass is 10.1. The van der Waals surface area contributed by atoms with Crippen LogP contribution >= 0.6 is 0 Å². The van der Waals surface area contributed by atoms with Gasteiger partial charge in [-0.3, -0.25) is 14.9 Å². The van der Waals surface area contributed by atoms with Crippen molar-refractivity contribution in [1.29, 1.82) is 0 Å². The molecule has 0 saturated heterocycles. The molecule has 0 aliphatic carbocycles. The molecule has 0 atom stereocenters. The second kappa shape index (κ2) is 8.60. The van der Waals surface area contributed by atoms with Gasteiger partial charge < -0.3 is 4.42 Å². The van der Waals surface area contributed by atoms with Crippen molar-refractivity contribution in [3.8, 4) is 11.3 Å². The number of non-ortho nitro benzene ring substituents is 1. The molecule has 0 aliphatic rings. The Morgan fingerprint density at radius 1 is 1.13 bits per heavy atom. The zero-order valence-corrected chi connectivity index (χ0v) is 15.2. The molecular formula is C20H14F3N3O4. The Labute approximate surface area is 168 Å². The number of nitro benzene ring substituents is 1. The fraction of sp³-hybridized carbons (Fsp3) is 0.100. The van der Waals surface area contributed by atoms with Gasteiger partial charge in [0.2, 0.25) is 5.91 Å². The number of furan rings is 1. The minimum absolute atomic E-state index is 0.0458. The second-order valence-electron chi connectivity index (χ2n) is 6.17. The van der Waals surface area contributed by atoms with Crippen molar-refractivity contribution >= 4 is 17.8 Å². The molecule has 1 aromatic heterocycles. The van der Waals surface area contributed by atoms with Crippen molar-refractivity contribution in [1.82, 2.24) is 5.43 Å². The van der Waals surface area contributed by atoms with Crippen LogP contribution in [0.5, 0.6) is 0 Å². The Kier molecular flexibility index (Phi) is 5.95. The summed E-state index contributed by atoms with van der Waals surface area (Å²) in [5.74, 6) is 0.164. The number of carbonyl (C=O) groups is 1. The van der Waals surface area contributed by atoms with Gasteiger partial charge in [0.05, 0.1) is 23.1 Å². The van der Waals surface area contributed by atoms with Gasteiger partial charge >= 0.3 is 6.18 Å². The molecule has 1 amide bonds. The summed E-state index contributed by atoms with van der Waals surface area (Å²) in [7, 11) is 0. The van der Waals surface area contributed by atoms with Crippen LogP contribution in [0.4, 0.5) is 18.9 Å². The first-order chi connectivity index (χ1) is 14.2. The number of rotatable bonds is 6. The number of halogens is 3. The van der Waals surface area contributed by atoms with Crippen LogP contribution < -0.4 is 5.43 Å². The van der Waals surface area contributed by atoms with Crippen LogP contribution in [0.25, 0.3) is 11.3 Å². The van der Waals surface area contributed by atoms with E-state index in [0.29, 0.717) is 17.1 Å². The van der Waals surface area contributed by atoms with Gasteiger partial charge in [0.1, 0.15) is 11.5 Å². The zero-order valence-electron chi connectivity index (χ0n) is 15.2. The minimum Gasteiger partial charge on any atom is -0.455 e. The van der Waals surface area contributed by atoms with Gasteiger partial charge in [-0.2, -0.15) is 18.3 Å². The summed E-state index contributed by atoms with van der Waals surface area (Å²) in [6.07, 6.45) is -3.52. The highest BCUT2D eigenvalue weighted by atomic mass is 19.4. The fourth-order valence-electron chi connectivity index (χ4n) is 2.58. The highest BCUT2D eigenvalue weighted by Crippen LogP contribution is 2.29. The monoisotopic (exact) mass is 417 g/mol. The molecule has 0 bridgehead atoms. The lowest BCUT2D eigenvalue weighted by Gasteiger charge is -2.08. The molecule has 3 rings (SSSR count). The maximum atomic E-state index is 12.7. The summed E-state index contributed by atoms with van der Waals surface area (Å²) in [6, 6.07) is 13.5.